The molecule has 0 amide bonds. The van der Waals surface area contributed by atoms with Crippen LogP contribution in [0.3, 0.4) is 0 Å². The Labute approximate surface area is 92.7 Å². The molecular weight excluding hydrogens is 224 g/mol. The molecule has 0 radical (unpaired) electrons. The van der Waals surface area contributed by atoms with E-state index in [2.05, 4.69) is 0 Å². The summed E-state index contributed by atoms with van der Waals surface area (Å²) in [6.07, 6.45) is -5.25. The van der Waals surface area contributed by atoms with Crippen LogP contribution in [0.1, 0.15) is 0 Å². The fourth-order valence-electron chi connectivity index (χ4n) is 0.530. The van der Waals surface area contributed by atoms with Crippen molar-refractivity contribution in [2.45, 2.75) is 24.4 Å². The Hall–Kier alpha value is -0.320. The molecule has 0 bridgehead atoms. The molecule has 1 unspecified atom stereocenters. The van der Waals surface area contributed by atoms with E-state index in [1.165, 1.54) is 0 Å². The van der Waals surface area contributed by atoms with Crippen LogP contribution in [0, 0.1) is 0 Å². The van der Waals surface area contributed by atoms with Gasteiger partial charge in [0.25, 0.3) is 0 Å². The monoisotopic (exact) mass is 244 g/mol. The highest BCUT2D eigenvalue weighted by Gasteiger charge is 2.22. The number of hydrogen-bond acceptors (Lipinski definition) is 8. The summed E-state index contributed by atoms with van der Waals surface area (Å²) in [6, 6.07) is 0. The predicted octanol–water partition coefficient (Wildman–Crippen LogP) is -4.61. The lowest BCUT2D eigenvalue weighted by atomic mass is 10.1. The average molecular weight is 244 g/mol. The van der Waals surface area contributed by atoms with Gasteiger partial charge in [0.2, 0.25) is 0 Å². The lowest BCUT2D eigenvalue weighted by Gasteiger charge is -2.19. The zero-order valence-electron chi connectivity index (χ0n) is 8.72. The molecule has 0 fully saturated rings. The minimum atomic E-state index is -1.49. The van der Waals surface area contributed by atoms with Crippen molar-refractivity contribution in [3.8, 4) is 0 Å². The lowest BCUT2D eigenvalue weighted by molar-refractivity contribution is -0.0900. The Bertz CT molecular complexity index is 130. The number of aliphatic hydroxyl groups is 8. The lowest BCUT2D eigenvalue weighted by Crippen LogP contribution is -2.41. The summed E-state index contributed by atoms with van der Waals surface area (Å²) in [7, 11) is 0. The van der Waals surface area contributed by atoms with E-state index in [4.69, 9.17) is 40.9 Å². The van der Waals surface area contributed by atoms with Gasteiger partial charge in [-0.1, -0.05) is 0 Å². The second-order valence-electron chi connectivity index (χ2n) is 3.01. The van der Waals surface area contributed by atoms with E-state index < -0.39 is 37.6 Å². The topological polar surface area (TPSA) is 162 Å². The van der Waals surface area contributed by atoms with Crippen LogP contribution in [0.15, 0.2) is 0 Å². The van der Waals surface area contributed by atoms with E-state index >= 15 is 0 Å². The summed E-state index contributed by atoms with van der Waals surface area (Å²) in [5.41, 5.74) is 0. The van der Waals surface area contributed by atoms with E-state index in [1.807, 2.05) is 0 Å². The SMILES string of the molecule is OCC(O)CO.OC[C@@H](O)C(O)[C@@H](O)CO. The number of aliphatic hydroxyl groups excluding tert-OH is 8. The van der Waals surface area contributed by atoms with E-state index in [9.17, 15) is 0 Å². The highest BCUT2D eigenvalue weighted by molar-refractivity contribution is 4.73. The molecular formula is C8H20O8. The van der Waals surface area contributed by atoms with Gasteiger partial charge < -0.3 is 40.9 Å². The maximum atomic E-state index is 8.77. The Kier molecular flexibility index (Phi) is 12.6. The summed E-state index contributed by atoms with van der Waals surface area (Å²) < 4.78 is 0. The van der Waals surface area contributed by atoms with Gasteiger partial charge in [-0.15, -0.1) is 0 Å². The fraction of sp³-hybridized carbons (Fsp3) is 1.00. The van der Waals surface area contributed by atoms with Gasteiger partial charge in [-0.25, -0.2) is 0 Å². The highest BCUT2D eigenvalue weighted by atomic mass is 16.4. The molecule has 0 aliphatic carbocycles. The van der Waals surface area contributed by atoms with Crippen molar-refractivity contribution < 1.29 is 40.9 Å². The van der Waals surface area contributed by atoms with E-state index in [0.717, 1.165) is 0 Å². The summed E-state index contributed by atoms with van der Waals surface area (Å²) in [5.74, 6) is 0. The maximum absolute atomic E-state index is 8.77. The van der Waals surface area contributed by atoms with Crippen LogP contribution in [-0.2, 0) is 0 Å². The van der Waals surface area contributed by atoms with Crippen molar-refractivity contribution >= 4 is 0 Å². The van der Waals surface area contributed by atoms with Crippen LogP contribution in [-0.4, -0.2) is 91.7 Å². The first-order valence-electron chi connectivity index (χ1n) is 4.60. The smallest absolute Gasteiger partial charge is 0.110 e. The molecule has 0 spiro atoms. The van der Waals surface area contributed by atoms with Gasteiger partial charge >= 0.3 is 0 Å². The van der Waals surface area contributed by atoms with Gasteiger partial charge in [-0.3, -0.25) is 0 Å². The zero-order valence-corrected chi connectivity index (χ0v) is 8.72. The molecule has 8 nitrogen and oxygen atoms in total. The number of hydrogen-bond donors (Lipinski definition) is 8. The van der Waals surface area contributed by atoms with E-state index in [-0.39, 0.29) is 13.2 Å². The molecule has 0 aromatic heterocycles. The predicted molar refractivity (Wildman–Crippen MR) is 52.4 cm³/mol. The summed E-state index contributed by atoms with van der Waals surface area (Å²) in [5, 5.41) is 66.6. The van der Waals surface area contributed by atoms with Gasteiger partial charge in [0.05, 0.1) is 26.4 Å². The normalized spacial score (nSPS) is 16.3. The van der Waals surface area contributed by atoms with Crippen molar-refractivity contribution in [3.05, 3.63) is 0 Å². The first-order valence-corrected chi connectivity index (χ1v) is 4.60. The Balaban J connectivity index is 0. The van der Waals surface area contributed by atoms with Crippen molar-refractivity contribution in [3.63, 3.8) is 0 Å². The molecule has 100 valence electrons. The van der Waals surface area contributed by atoms with E-state index in [0.29, 0.717) is 0 Å². The Morgan fingerprint density at radius 2 is 0.875 bits per heavy atom. The highest BCUT2D eigenvalue weighted by Crippen LogP contribution is 1.97. The zero-order chi connectivity index (χ0) is 13.1. The van der Waals surface area contributed by atoms with Gasteiger partial charge in [-0.2, -0.15) is 0 Å². The quantitative estimate of drug-likeness (QED) is 0.231. The minimum absolute atomic E-state index is 0.365. The molecule has 0 aromatic carbocycles. The third-order valence-electron chi connectivity index (χ3n) is 1.58. The van der Waals surface area contributed by atoms with Crippen molar-refractivity contribution in [1.82, 2.24) is 0 Å². The first kappa shape index (κ1) is 18.1. The molecule has 0 aromatic rings. The van der Waals surface area contributed by atoms with Crippen LogP contribution in [0.25, 0.3) is 0 Å². The molecule has 0 saturated heterocycles. The summed E-state index contributed by atoms with van der Waals surface area (Å²) in [4.78, 5) is 0. The second-order valence-corrected chi connectivity index (χ2v) is 3.01. The summed E-state index contributed by atoms with van der Waals surface area (Å²) in [6.45, 7) is -2.01. The van der Waals surface area contributed by atoms with E-state index in [1.54, 1.807) is 0 Å². The van der Waals surface area contributed by atoms with Crippen molar-refractivity contribution in [2.75, 3.05) is 26.4 Å². The largest absolute Gasteiger partial charge is 0.394 e. The Morgan fingerprint density at radius 1 is 0.562 bits per heavy atom. The third-order valence-corrected chi connectivity index (χ3v) is 1.58. The molecule has 0 aliphatic heterocycles. The van der Waals surface area contributed by atoms with Crippen LogP contribution in [0.4, 0.5) is 0 Å². The molecule has 8 heteroatoms. The minimum Gasteiger partial charge on any atom is -0.394 e. The first-order chi connectivity index (χ1) is 7.44. The Morgan fingerprint density at radius 3 is 1.00 bits per heavy atom. The van der Waals surface area contributed by atoms with Crippen LogP contribution in [0.5, 0.6) is 0 Å². The van der Waals surface area contributed by atoms with Crippen molar-refractivity contribution in [2.24, 2.45) is 0 Å². The molecule has 8 N–H and O–H groups in total. The molecule has 16 heavy (non-hydrogen) atoms. The fourth-order valence-corrected chi connectivity index (χ4v) is 0.530. The van der Waals surface area contributed by atoms with Gasteiger partial charge in [-0.05, 0) is 0 Å². The molecule has 0 rings (SSSR count). The van der Waals surface area contributed by atoms with Crippen molar-refractivity contribution in [1.29, 1.82) is 0 Å². The standard InChI is InChI=1S/C5H12O5.C3H8O3/c6-1-3(8)5(10)4(9)2-7;4-1-3(6)2-5/h3-10H,1-2H2;3-6H,1-2H2/t3-,4+,5?;. The van der Waals surface area contributed by atoms with Gasteiger partial charge in [0.15, 0.2) is 0 Å². The van der Waals surface area contributed by atoms with Gasteiger partial charge in [0, 0.05) is 0 Å². The average Bonchev–Trinajstić information content (AvgIpc) is 2.35. The summed E-state index contributed by atoms with van der Waals surface area (Å²) >= 11 is 0. The second kappa shape index (κ2) is 11.2. The molecule has 3 atom stereocenters. The molecule has 0 saturated carbocycles. The maximum Gasteiger partial charge on any atom is 0.110 e. The van der Waals surface area contributed by atoms with Crippen LogP contribution in [0.2, 0.25) is 0 Å². The number of rotatable bonds is 6. The van der Waals surface area contributed by atoms with Crippen LogP contribution >= 0.6 is 0 Å². The third kappa shape index (κ3) is 8.95. The van der Waals surface area contributed by atoms with Gasteiger partial charge in [0.1, 0.15) is 24.4 Å². The molecule has 0 heterocycles. The van der Waals surface area contributed by atoms with Crippen LogP contribution < -0.4 is 0 Å². The molecule has 0 aliphatic rings.